The van der Waals surface area contributed by atoms with Gasteiger partial charge in [-0.05, 0) is 6.42 Å². The minimum Gasteiger partial charge on any atom is -0.550 e. The summed E-state index contributed by atoms with van der Waals surface area (Å²) in [6, 6.07) is 0. The first kappa shape index (κ1) is 16.2. The fourth-order valence-corrected chi connectivity index (χ4v) is 0.204. The van der Waals surface area contributed by atoms with Crippen LogP contribution in [0.25, 0.3) is 0 Å². The van der Waals surface area contributed by atoms with Crippen LogP contribution in [-0.4, -0.2) is 5.97 Å². The normalized spacial score (nSPS) is 6.12. The molecule has 0 heterocycles. The third-order valence-corrected chi connectivity index (χ3v) is 0.454. The van der Waals surface area contributed by atoms with Crippen LogP contribution in [0.4, 0.5) is 0 Å². The molecular weight excluding hydrogens is 126 g/mol. The summed E-state index contributed by atoms with van der Waals surface area (Å²) in [4.78, 5) is 9.49. The Hall–Kier alpha value is 1.47. The van der Waals surface area contributed by atoms with Crippen LogP contribution in [0.15, 0.2) is 0 Å². The van der Waals surface area contributed by atoms with Crippen molar-refractivity contribution in [3.05, 3.63) is 0 Å². The maximum atomic E-state index is 9.49. The van der Waals surface area contributed by atoms with Crippen molar-refractivity contribution >= 4 is 5.97 Å². The Morgan fingerprint density at radius 1 is 1.50 bits per heavy atom. The van der Waals surface area contributed by atoms with E-state index >= 15 is 0 Å². The Morgan fingerprint density at radius 3 is 1.88 bits per heavy atom. The van der Waals surface area contributed by atoms with Crippen molar-refractivity contribution in [2.45, 2.75) is 19.8 Å². The van der Waals surface area contributed by atoms with E-state index < -0.39 is 5.97 Å². The van der Waals surface area contributed by atoms with E-state index in [2.05, 4.69) is 0 Å². The van der Waals surface area contributed by atoms with Gasteiger partial charge in [0.15, 0.2) is 0 Å². The standard InChI is InChI=1S/C4H8O2.2Na/c1-2-3-4(5)6;;/h2-3H2,1H3,(H,5,6);;/q;2*+1/p-1. The zero-order valence-corrected chi connectivity index (χ0v) is 9.73. The molecule has 0 aliphatic rings. The summed E-state index contributed by atoms with van der Waals surface area (Å²) in [5.74, 6) is -0.961. The van der Waals surface area contributed by atoms with Gasteiger partial charge in [-0.3, -0.25) is 0 Å². The number of aliphatic carboxylic acids is 1. The molecule has 0 fully saturated rings. The first-order valence-corrected chi connectivity index (χ1v) is 1.97. The zero-order valence-electron chi connectivity index (χ0n) is 5.73. The molecule has 8 heavy (non-hydrogen) atoms. The fraction of sp³-hybridized carbons (Fsp3) is 0.750. The maximum absolute atomic E-state index is 9.49. The summed E-state index contributed by atoms with van der Waals surface area (Å²) in [5.41, 5.74) is 0. The van der Waals surface area contributed by atoms with E-state index in [1.165, 1.54) is 0 Å². The third kappa shape index (κ3) is 15.6. The van der Waals surface area contributed by atoms with Crippen LogP contribution in [0.2, 0.25) is 0 Å². The van der Waals surface area contributed by atoms with Crippen molar-refractivity contribution < 1.29 is 69.0 Å². The van der Waals surface area contributed by atoms with E-state index in [0.717, 1.165) is 0 Å². The number of hydrogen-bond acceptors (Lipinski definition) is 2. The topological polar surface area (TPSA) is 40.1 Å². The van der Waals surface area contributed by atoms with Crippen molar-refractivity contribution in [2.24, 2.45) is 0 Å². The molecule has 0 aromatic rings. The minimum absolute atomic E-state index is 0. The average molecular weight is 133 g/mol. The molecule has 0 radical (unpaired) electrons. The van der Waals surface area contributed by atoms with Gasteiger partial charge in [-0.1, -0.05) is 13.3 Å². The Labute approximate surface area is 93.6 Å². The Morgan fingerprint density at radius 2 is 1.88 bits per heavy atom. The summed E-state index contributed by atoms with van der Waals surface area (Å²) in [5, 5.41) is 9.49. The molecule has 0 saturated carbocycles. The van der Waals surface area contributed by atoms with Gasteiger partial charge in [0.2, 0.25) is 0 Å². The molecule has 0 aromatic heterocycles. The number of rotatable bonds is 2. The molecule has 0 spiro atoms. The predicted molar refractivity (Wildman–Crippen MR) is 19.9 cm³/mol. The molecule has 0 saturated heterocycles. The Kier molecular flexibility index (Phi) is 22.9. The van der Waals surface area contributed by atoms with Crippen LogP contribution in [0.1, 0.15) is 19.8 Å². The molecule has 0 atom stereocenters. The summed E-state index contributed by atoms with van der Waals surface area (Å²) in [7, 11) is 0. The molecule has 0 bridgehead atoms. The number of carboxylic acids is 1. The molecule has 4 heteroatoms. The van der Waals surface area contributed by atoms with Crippen LogP contribution in [-0.2, 0) is 4.79 Å². The molecule has 0 aliphatic carbocycles. The van der Waals surface area contributed by atoms with E-state index in [-0.39, 0.29) is 65.5 Å². The van der Waals surface area contributed by atoms with E-state index in [0.29, 0.717) is 6.42 Å². The van der Waals surface area contributed by atoms with Gasteiger partial charge in [-0.25, -0.2) is 0 Å². The number of carbonyl (C=O) groups is 1. The second-order valence-electron chi connectivity index (χ2n) is 1.12. The van der Waals surface area contributed by atoms with Gasteiger partial charge >= 0.3 is 59.1 Å². The number of hydrogen-bond donors (Lipinski definition) is 0. The SMILES string of the molecule is CCCC(=O)[O-].[Na+].[Na+]. The van der Waals surface area contributed by atoms with Crippen LogP contribution >= 0.6 is 0 Å². The first-order valence-electron chi connectivity index (χ1n) is 1.97. The van der Waals surface area contributed by atoms with Gasteiger partial charge in [-0.2, -0.15) is 0 Å². The van der Waals surface area contributed by atoms with Crippen LogP contribution in [0.5, 0.6) is 0 Å². The molecule has 36 valence electrons. The monoisotopic (exact) mass is 133 g/mol. The molecule has 0 amide bonds. The van der Waals surface area contributed by atoms with Gasteiger partial charge in [0, 0.05) is 5.97 Å². The van der Waals surface area contributed by atoms with Crippen molar-refractivity contribution in [3.63, 3.8) is 0 Å². The van der Waals surface area contributed by atoms with Crippen molar-refractivity contribution in [1.29, 1.82) is 0 Å². The van der Waals surface area contributed by atoms with Crippen LogP contribution < -0.4 is 64.2 Å². The van der Waals surface area contributed by atoms with Gasteiger partial charge in [0.05, 0.1) is 0 Å². The quantitative estimate of drug-likeness (QED) is 0.351. The minimum atomic E-state index is -0.961. The summed E-state index contributed by atoms with van der Waals surface area (Å²) >= 11 is 0. The molecule has 0 rings (SSSR count). The van der Waals surface area contributed by atoms with Crippen molar-refractivity contribution in [2.75, 3.05) is 0 Å². The second kappa shape index (κ2) is 11.3. The summed E-state index contributed by atoms with van der Waals surface area (Å²) in [6.45, 7) is 1.80. The van der Waals surface area contributed by atoms with Gasteiger partial charge in [-0.15, -0.1) is 0 Å². The van der Waals surface area contributed by atoms with E-state index in [1.54, 1.807) is 6.92 Å². The molecular formula is C4H7Na2O2+. The largest absolute Gasteiger partial charge is 1.00 e. The Bertz CT molecular complexity index is 56.0. The van der Waals surface area contributed by atoms with Crippen LogP contribution in [0, 0.1) is 0 Å². The first-order chi connectivity index (χ1) is 2.77. The summed E-state index contributed by atoms with van der Waals surface area (Å²) < 4.78 is 0. The van der Waals surface area contributed by atoms with Gasteiger partial charge in [0.1, 0.15) is 0 Å². The molecule has 2 nitrogen and oxygen atoms in total. The smallest absolute Gasteiger partial charge is 0.550 e. The van der Waals surface area contributed by atoms with E-state index in [4.69, 9.17) is 0 Å². The van der Waals surface area contributed by atoms with Gasteiger partial charge in [0.25, 0.3) is 0 Å². The third-order valence-electron chi connectivity index (χ3n) is 0.454. The summed E-state index contributed by atoms with van der Waals surface area (Å²) in [6.07, 6.45) is 0.850. The van der Waals surface area contributed by atoms with E-state index in [1.807, 2.05) is 0 Å². The molecule has 0 aliphatic heterocycles. The van der Waals surface area contributed by atoms with Crippen molar-refractivity contribution in [3.8, 4) is 0 Å². The predicted octanol–water partition coefficient (Wildman–Crippen LogP) is -6.46. The fourth-order valence-electron chi connectivity index (χ4n) is 0.204. The second-order valence-corrected chi connectivity index (χ2v) is 1.12. The van der Waals surface area contributed by atoms with Crippen LogP contribution in [0.3, 0.4) is 0 Å². The molecule has 0 unspecified atom stereocenters. The Balaban J connectivity index is -0.000000125. The van der Waals surface area contributed by atoms with Gasteiger partial charge < -0.3 is 9.90 Å². The zero-order chi connectivity index (χ0) is 4.99. The average Bonchev–Trinajstić information content (AvgIpc) is 1.35. The number of carboxylic acid groups (broad SMARTS) is 1. The van der Waals surface area contributed by atoms with Crippen molar-refractivity contribution in [1.82, 2.24) is 0 Å². The molecule has 0 N–H and O–H groups in total. The molecule has 0 aromatic carbocycles. The number of carbonyl (C=O) groups excluding carboxylic acids is 1. The van der Waals surface area contributed by atoms with E-state index in [9.17, 15) is 9.90 Å². The maximum Gasteiger partial charge on any atom is 1.00 e.